The van der Waals surface area contributed by atoms with Crippen LogP contribution in [-0.4, -0.2) is 52.6 Å². The molecular formula is C22H37ClO5. The van der Waals surface area contributed by atoms with Crippen LogP contribution in [0, 0.1) is 17.8 Å². The van der Waals surface area contributed by atoms with Crippen molar-refractivity contribution in [3.05, 3.63) is 24.3 Å². The van der Waals surface area contributed by atoms with Crippen LogP contribution in [0.4, 0.5) is 0 Å². The molecule has 3 N–H and O–H groups in total. The van der Waals surface area contributed by atoms with Crippen molar-refractivity contribution in [3.8, 4) is 0 Å². The number of carbonyl (C=O) groups is 1. The number of unbranched alkanes of at least 4 members (excludes halogenated alkanes) is 1. The third kappa shape index (κ3) is 9.55. The average molecular weight is 417 g/mol. The molecule has 0 spiro atoms. The van der Waals surface area contributed by atoms with Gasteiger partial charge >= 0.3 is 5.97 Å². The van der Waals surface area contributed by atoms with Crippen LogP contribution < -0.4 is 0 Å². The van der Waals surface area contributed by atoms with Gasteiger partial charge in [-0.05, 0) is 50.4 Å². The number of rotatable bonds is 13. The highest BCUT2D eigenvalue weighted by atomic mass is 35.5. The lowest BCUT2D eigenvalue weighted by Gasteiger charge is -2.20. The van der Waals surface area contributed by atoms with E-state index in [1.165, 1.54) is 7.11 Å². The number of ether oxygens (including phenoxy) is 1. The Morgan fingerprint density at radius 2 is 2.00 bits per heavy atom. The summed E-state index contributed by atoms with van der Waals surface area (Å²) in [5, 5.41) is 30.8. The molecule has 6 atom stereocenters. The first-order valence-electron chi connectivity index (χ1n) is 10.4. The molecule has 0 aliphatic heterocycles. The SMILES string of the molecule is COC(=O)CCCC=CC[C@@H]1[C@@H](C=C[C@@H](O)C[C@H](C)CCCCl)[C@H](O)C[C@@H]1O. The molecule has 1 fully saturated rings. The van der Waals surface area contributed by atoms with Crippen LogP contribution in [-0.2, 0) is 9.53 Å². The van der Waals surface area contributed by atoms with E-state index in [2.05, 4.69) is 11.7 Å². The standard InChI is InChI=1S/C22H37ClO5/c1-16(8-7-13-23)14-17(24)11-12-19-18(20(25)15-21(19)26)9-5-3-4-6-10-22(27)28-2/h3,5,11-12,16-21,24-26H,4,6-10,13-15H2,1-2H3/t16-,17-,18-,19-,20+,21-/m1/s1. The first-order valence-corrected chi connectivity index (χ1v) is 10.9. The number of esters is 1. The lowest BCUT2D eigenvalue weighted by Crippen LogP contribution is -2.20. The van der Waals surface area contributed by atoms with E-state index in [1.54, 1.807) is 6.08 Å². The zero-order valence-corrected chi connectivity index (χ0v) is 17.9. The number of hydrogen-bond acceptors (Lipinski definition) is 5. The summed E-state index contributed by atoms with van der Waals surface area (Å²) in [5.41, 5.74) is 0. The summed E-state index contributed by atoms with van der Waals surface area (Å²) in [6.07, 6.45) is 11.5. The lowest BCUT2D eigenvalue weighted by molar-refractivity contribution is -0.140. The fraction of sp³-hybridized carbons (Fsp3) is 0.773. The van der Waals surface area contributed by atoms with Crippen LogP contribution in [0.5, 0.6) is 0 Å². The molecular weight excluding hydrogens is 380 g/mol. The summed E-state index contributed by atoms with van der Waals surface area (Å²) in [7, 11) is 1.39. The molecule has 0 heterocycles. The molecule has 0 saturated heterocycles. The van der Waals surface area contributed by atoms with Gasteiger partial charge in [0.25, 0.3) is 0 Å². The van der Waals surface area contributed by atoms with Crippen LogP contribution in [0.1, 0.15) is 58.3 Å². The Bertz CT molecular complexity index is 493. The van der Waals surface area contributed by atoms with Crippen LogP contribution in [0.3, 0.4) is 0 Å². The first-order chi connectivity index (χ1) is 13.4. The van der Waals surface area contributed by atoms with E-state index in [4.69, 9.17) is 11.6 Å². The second-order valence-electron chi connectivity index (χ2n) is 7.91. The minimum Gasteiger partial charge on any atom is -0.469 e. The van der Waals surface area contributed by atoms with Crippen LogP contribution in [0.25, 0.3) is 0 Å². The van der Waals surface area contributed by atoms with Crippen molar-refractivity contribution in [3.63, 3.8) is 0 Å². The van der Waals surface area contributed by atoms with Crippen molar-refractivity contribution in [2.75, 3.05) is 13.0 Å². The number of halogens is 1. The summed E-state index contributed by atoms with van der Waals surface area (Å²) < 4.78 is 4.61. The first kappa shape index (κ1) is 25.2. The fourth-order valence-electron chi connectivity index (χ4n) is 3.83. The van der Waals surface area contributed by atoms with E-state index in [0.717, 1.165) is 25.7 Å². The number of aliphatic hydroxyl groups is 3. The van der Waals surface area contributed by atoms with Gasteiger partial charge in [0, 0.05) is 24.6 Å². The van der Waals surface area contributed by atoms with Gasteiger partial charge in [-0.25, -0.2) is 0 Å². The number of carbonyl (C=O) groups excluding carboxylic acids is 1. The highest BCUT2D eigenvalue weighted by Crippen LogP contribution is 2.36. The summed E-state index contributed by atoms with van der Waals surface area (Å²) in [6, 6.07) is 0. The highest BCUT2D eigenvalue weighted by molar-refractivity contribution is 6.17. The Hall–Kier alpha value is -0.880. The smallest absolute Gasteiger partial charge is 0.305 e. The van der Waals surface area contributed by atoms with Gasteiger partial charge in [0.05, 0.1) is 25.4 Å². The molecule has 0 bridgehead atoms. The Morgan fingerprint density at radius 1 is 1.25 bits per heavy atom. The molecule has 1 aliphatic carbocycles. The lowest BCUT2D eigenvalue weighted by atomic mass is 9.89. The van der Waals surface area contributed by atoms with Gasteiger partial charge in [-0.3, -0.25) is 4.79 Å². The number of allylic oxidation sites excluding steroid dienone is 2. The maximum absolute atomic E-state index is 11.1. The van der Waals surface area contributed by atoms with Gasteiger partial charge in [-0.2, -0.15) is 0 Å². The van der Waals surface area contributed by atoms with Crippen molar-refractivity contribution in [1.29, 1.82) is 0 Å². The Kier molecular flexibility index (Phi) is 12.7. The number of aliphatic hydroxyl groups excluding tert-OH is 3. The van der Waals surface area contributed by atoms with Crippen LogP contribution in [0.15, 0.2) is 24.3 Å². The van der Waals surface area contributed by atoms with Gasteiger partial charge in [-0.1, -0.05) is 31.2 Å². The highest BCUT2D eigenvalue weighted by Gasteiger charge is 2.39. The van der Waals surface area contributed by atoms with Gasteiger partial charge in [-0.15, -0.1) is 11.6 Å². The predicted octanol–water partition coefficient (Wildman–Crippen LogP) is 3.60. The zero-order valence-electron chi connectivity index (χ0n) is 17.2. The Balaban J connectivity index is 2.48. The quantitative estimate of drug-likeness (QED) is 0.185. The van der Waals surface area contributed by atoms with E-state index < -0.39 is 18.3 Å². The third-order valence-corrected chi connectivity index (χ3v) is 5.77. The van der Waals surface area contributed by atoms with Crippen molar-refractivity contribution < 1.29 is 24.9 Å². The Labute approximate surface area is 174 Å². The molecule has 1 rings (SSSR count). The molecule has 6 heteroatoms. The Morgan fingerprint density at radius 3 is 2.68 bits per heavy atom. The fourth-order valence-corrected chi connectivity index (χ4v) is 3.99. The zero-order chi connectivity index (χ0) is 20.9. The molecule has 0 aromatic carbocycles. The van der Waals surface area contributed by atoms with E-state index in [9.17, 15) is 20.1 Å². The minimum absolute atomic E-state index is 0.0658. The predicted molar refractivity (Wildman–Crippen MR) is 112 cm³/mol. The number of alkyl halides is 1. The summed E-state index contributed by atoms with van der Waals surface area (Å²) >= 11 is 5.71. The van der Waals surface area contributed by atoms with Gasteiger partial charge in [0.2, 0.25) is 0 Å². The summed E-state index contributed by atoms with van der Waals surface area (Å²) in [4.78, 5) is 11.1. The largest absolute Gasteiger partial charge is 0.469 e. The van der Waals surface area contributed by atoms with Crippen LogP contribution >= 0.6 is 11.6 Å². The molecule has 0 aromatic rings. The monoisotopic (exact) mass is 416 g/mol. The maximum Gasteiger partial charge on any atom is 0.305 e. The summed E-state index contributed by atoms with van der Waals surface area (Å²) in [5.74, 6) is 0.594. The van der Waals surface area contributed by atoms with Gasteiger partial charge < -0.3 is 20.1 Å². The second-order valence-corrected chi connectivity index (χ2v) is 8.29. The normalized spacial score (nSPS) is 27.5. The van der Waals surface area contributed by atoms with E-state index in [0.29, 0.717) is 37.5 Å². The third-order valence-electron chi connectivity index (χ3n) is 5.50. The van der Waals surface area contributed by atoms with Crippen molar-refractivity contribution in [2.45, 2.75) is 76.6 Å². The summed E-state index contributed by atoms with van der Waals surface area (Å²) in [6.45, 7) is 2.10. The second kappa shape index (κ2) is 14.2. The number of methoxy groups -OCH3 is 1. The minimum atomic E-state index is -0.593. The molecule has 28 heavy (non-hydrogen) atoms. The van der Waals surface area contributed by atoms with E-state index in [1.807, 2.05) is 18.2 Å². The van der Waals surface area contributed by atoms with Gasteiger partial charge in [0.15, 0.2) is 0 Å². The maximum atomic E-state index is 11.1. The van der Waals surface area contributed by atoms with Crippen molar-refractivity contribution in [1.82, 2.24) is 0 Å². The van der Waals surface area contributed by atoms with E-state index in [-0.39, 0.29) is 17.8 Å². The molecule has 162 valence electrons. The molecule has 1 aliphatic rings. The topological polar surface area (TPSA) is 87.0 Å². The molecule has 0 unspecified atom stereocenters. The van der Waals surface area contributed by atoms with Crippen molar-refractivity contribution >= 4 is 17.6 Å². The molecule has 0 aromatic heterocycles. The molecule has 0 radical (unpaired) electrons. The van der Waals surface area contributed by atoms with E-state index >= 15 is 0 Å². The molecule has 0 amide bonds. The van der Waals surface area contributed by atoms with Crippen molar-refractivity contribution in [2.24, 2.45) is 17.8 Å². The molecule has 5 nitrogen and oxygen atoms in total. The van der Waals surface area contributed by atoms with Gasteiger partial charge in [0.1, 0.15) is 0 Å². The number of hydrogen-bond donors (Lipinski definition) is 3. The van der Waals surface area contributed by atoms with Crippen LogP contribution in [0.2, 0.25) is 0 Å². The molecule has 1 saturated carbocycles. The average Bonchev–Trinajstić information content (AvgIpc) is 2.93.